The molecule has 1 fully saturated rings. The molecule has 7 nitrogen and oxygen atoms in total. The van der Waals surface area contributed by atoms with Crippen LogP contribution in [0.2, 0.25) is 0 Å². The third-order valence-corrected chi connectivity index (χ3v) is 5.50. The second kappa shape index (κ2) is 9.17. The van der Waals surface area contributed by atoms with Crippen LogP contribution in [0.3, 0.4) is 0 Å². The first-order valence-corrected chi connectivity index (χ1v) is 10.4. The van der Waals surface area contributed by atoms with Crippen LogP contribution in [-0.4, -0.2) is 55.0 Å². The van der Waals surface area contributed by atoms with E-state index >= 15 is 0 Å². The first-order chi connectivity index (χ1) is 14.7. The van der Waals surface area contributed by atoms with Crippen molar-refractivity contribution in [2.75, 3.05) is 44.8 Å². The van der Waals surface area contributed by atoms with E-state index in [0.717, 1.165) is 48.9 Å². The van der Waals surface area contributed by atoms with Crippen LogP contribution in [0.25, 0.3) is 11.5 Å². The molecule has 30 heavy (non-hydrogen) atoms. The molecular formula is C23H28N4O3. The lowest BCUT2D eigenvalue weighted by molar-refractivity contribution is 0.173. The fraction of sp³-hybridized carbons (Fsp3) is 0.391. The monoisotopic (exact) mass is 408 g/mol. The zero-order valence-corrected chi connectivity index (χ0v) is 17.7. The standard InChI is InChI=1S/C23H28N4O3/c1-4-29-21-8-6-5-7-20(21)27-15-13-26(14-16-27)17(2)22-24-25-23(30-22)18-9-11-19(28-3)12-10-18/h5-12,17H,4,13-16H2,1-3H3/t17-/m1/s1. The maximum atomic E-state index is 5.98. The molecule has 7 heteroatoms. The number of methoxy groups -OCH3 is 1. The van der Waals surface area contributed by atoms with Crippen molar-refractivity contribution in [2.45, 2.75) is 19.9 Å². The second-order valence-corrected chi connectivity index (χ2v) is 7.27. The summed E-state index contributed by atoms with van der Waals surface area (Å²) in [6, 6.07) is 15.9. The van der Waals surface area contributed by atoms with Crippen molar-refractivity contribution in [2.24, 2.45) is 0 Å². The van der Waals surface area contributed by atoms with Crippen molar-refractivity contribution in [3.63, 3.8) is 0 Å². The lowest BCUT2D eigenvalue weighted by Crippen LogP contribution is -2.47. The summed E-state index contributed by atoms with van der Waals surface area (Å²) in [5.74, 6) is 2.92. The number of piperazine rings is 1. The van der Waals surface area contributed by atoms with E-state index in [1.165, 1.54) is 0 Å². The summed E-state index contributed by atoms with van der Waals surface area (Å²) in [5, 5.41) is 8.54. The average Bonchev–Trinajstić information content (AvgIpc) is 3.30. The van der Waals surface area contributed by atoms with Crippen LogP contribution < -0.4 is 14.4 Å². The summed E-state index contributed by atoms with van der Waals surface area (Å²) in [4.78, 5) is 4.76. The molecule has 0 radical (unpaired) electrons. The van der Waals surface area contributed by atoms with Crippen LogP contribution in [0.5, 0.6) is 11.5 Å². The largest absolute Gasteiger partial charge is 0.497 e. The number of aromatic nitrogens is 2. The highest BCUT2D eigenvalue weighted by molar-refractivity contribution is 5.58. The minimum atomic E-state index is 0.0637. The highest BCUT2D eigenvalue weighted by Gasteiger charge is 2.27. The van der Waals surface area contributed by atoms with E-state index in [-0.39, 0.29) is 6.04 Å². The molecule has 0 bridgehead atoms. The van der Waals surface area contributed by atoms with E-state index in [1.807, 2.05) is 43.3 Å². The molecule has 1 saturated heterocycles. The minimum Gasteiger partial charge on any atom is -0.497 e. The molecule has 1 aromatic heterocycles. The molecular weight excluding hydrogens is 380 g/mol. The van der Waals surface area contributed by atoms with Gasteiger partial charge in [-0.2, -0.15) is 0 Å². The third-order valence-electron chi connectivity index (χ3n) is 5.50. The lowest BCUT2D eigenvalue weighted by atomic mass is 10.2. The predicted molar refractivity (Wildman–Crippen MR) is 116 cm³/mol. The van der Waals surface area contributed by atoms with Gasteiger partial charge in [0, 0.05) is 31.7 Å². The van der Waals surface area contributed by atoms with Gasteiger partial charge in [0.15, 0.2) is 0 Å². The van der Waals surface area contributed by atoms with Gasteiger partial charge in [0.2, 0.25) is 11.8 Å². The maximum Gasteiger partial charge on any atom is 0.247 e. The third kappa shape index (κ3) is 4.26. The van der Waals surface area contributed by atoms with Crippen molar-refractivity contribution >= 4 is 5.69 Å². The predicted octanol–water partition coefficient (Wildman–Crippen LogP) is 4.03. The van der Waals surface area contributed by atoms with E-state index in [0.29, 0.717) is 18.4 Å². The Kier molecular flexibility index (Phi) is 6.18. The molecule has 0 N–H and O–H groups in total. The normalized spacial score (nSPS) is 15.8. The van der Waals surface area contributed by atoms with Crippen LogP contribution in [0.15, 0.2) is 52.9 Å². The van der Waals surface area contributed by atoms with Gasteiger partial charge in [-0.1, -0.05) is 12.1 Å². The number of rotatable bonds is 7. The number of benzene rings is 2. The quantitative estimate of drug-likeness (QED) is 0.585. The van der Waals surface area contributed by atoms with E-state index in [4.69, 9.17) is 13.9 Å². The first kappa shape index (κ1) is 20.2. The molecule has 2 aromatic carbocycles. The number of hydrogen-bond donors (Lipinski definition) is 0. The summed E-state index contributed by atoms with van der Waals surface area (Å²) in [5.41, 5.74) is 2.05. The molecule has 2 heterocycles. The van der Waals surface area contributed by atoms with Crippen molar-refractivity contribution in [3.05, 3.63) is 54.4 Å². The van der Waals surface area contributed by atoms with Gasteiger partial charge in [-0.15, -0.1) is 10.2 Å². The summed E-state index contributed by atoms with van der Waals surface area (Å²) in [7, 11) is 1.65. The SMILES string of the molecule is CCOc1ccccc1N1CCN([C@H](C)c2nnc(-c3ccc(OC)cc3)o2)CC1. The fourth-order valence-corrected chi connectivity index (χ4v) is 3.76. The molecule has 158 valence electrons. The Morgan fingerprint density at radius 1 is 1.00 bits per heavy atom. The zero-order chi connectivity index (χ0) is 20.9. The fourth-order valence-electron chi connectivity index (χ4n) is 3.76. The van der Waals surface area contributed by atoms with Gasteiger partial charge in [-0.25, -0.2) is 0 Å². The molecule has 0 amide bonds. The van der Waals surface area contributed by atoms with E-state index in [1.54, 1.807) is 7.11 Å². The van der Waals surface area contributed by atoms with Crippen molar-refractivity contribution < 1.29 is 13.9 Å². The Bertz CT molecular complexity index is 949. The average molecular weight is 409 g/mol. The smallest absolute Gasteiger partial charge is 0.247 e. The molecule has 1 aliphatic rings. The van der Waals surface area contributed by atoms with Crippen LogP contribution in [0.4, 0.5) is 5.69 Å². The van der Waals surface area contributed by atoms with Gasteiger partial charge >= 0.3 is 0 Å². The Labute approximate surface area is 177 Å². The number of para-hydroxylation sites is 2. The summed E-state index contributed by atoms with van der Waals surface area (Å²) in [6.07, 6.45) is 0. The molecule has 0 spiro atoms. The molecule has 0 saturated carbocycles. The topological polar surface area (TPSA) is 63.9 Å². The van der Waals surface area contributed by atoms with E-state index in [9.17, 15) is 0 Å². The maximum absolute atomic E-state index is 5.98. The molecule has 0 unspecified atom stereocenters. The minimum absolute atomic E-state index is 0.0637. The summed E-state index contributed by atoms with van der Waals surface area (Å²) >= 11 is 0. The van der Waals surface area contributed by atoms with Crippen molar-refractivity contribution in [1.82, 2.24) is 15.1 Å². The molecule has 3 aromatic rings. The number of nitrogens with zero attached hydrogens (tertiary/aromatic N) is 4. The summed E-state index contributed by atoms with van der Waals surface area (Å²) < 4.78 is 17.0. The number of anilines is 1. The number of ether oxygens (including phenoxy) is 2. The zero-order valence-electron chi connectivity index (χ0n) is 17.7. The van der Waals surface area contributed by atoms with Crippen molar-refractivity contribution in [3.8, 4) is 23.0 Å². The lowest BCUT2D eigenvalue weighted by Gasteiger charge is -2.38. The first-order valence-electron chi connectivity index (χ1n) is 10.4. The van der Waals surface area contributed by atoms with Crippen LogP contribution >= 0.6 is 0 Å². The molecule has 4 rings (SSSR count). The Morgan fingerprint density at radius 2 is 1.73 bits per heavy atom. The van der Waals surface area contributed by atoms with Gasteiger partial charge in [0.25, 0.3) is 0 Å². The Morgan fingerprint density at radius 3 is 2.43 bits per heavy atom. The van der Waals surface area contributed by atoms with E-state index in [2.05, 4.69) is 39.1 Å². The highest BCUT2D eigenvalue weighted by atomic mass is 16.5. The van der Waals surface area contributed by atoms with Gasteiger partial charge in [0.05, 0.1) is 25.4 Å². The summed E-state index contributed by atoms with van der Waals surface area (Å²) in [6.45, 7) is 8.49. The van der Waals surface area contributed by atoms with Gasteiger partial charge < -0.3 is 18.8 Å². The highest BCUT2D eigenvalue weighted by Crippen LogP contribution is 2.31. The molecule has 1 atom stereocenters. The van der Waals surface area contributed by atoms with Gasteiger partial charge in [0.1, 0.15) is 11.5 Å². The van der Waals surface area contributed by atoms with Gasteiger partial charge in [-0.05, 0) is 50.2 Å². The van der Waals surface area contributed by atoms with Crippen molar-refractivity contribution in [1.29, 1.82) is 0 Å². The molecule has 0 aliphatic carbocycles. The van der Waals surface area contributed by atoms with Crippen LogP contribution in [0, 0.1) is 0 Å². The molecule has 1 aliphatic heterocycles. The van der Waals surface area contributed by atoms with Crippen LogP contribution in [-0.2, 0) is 0 Å². The second-order valence-electron chi connectivity index (χ2n) is 7.27. The van der Waals surface area contributed by atoms with Crippen LogP contribution in [0.1, 0.15) is 25.8 Å². The Hall–Kier alpha value is -3.06. The van der Waals surface area contributed by atoms with E-state index < -0.39 is 0 Å². The van der Waals surface area contributed by atoms with Gasteiger partial charge in [-0.3, -0.25) is 4.90 Å². The number of hydrogen-bond acceptors (Lipinski definition) is 7. The Balaban J connectivity index is 1.40.